The smallest absolute Gasteiger partial charge is 0.271 e. The van der Waals surface area contributed by atoms with Gasteiger partial charge in [0.15, 0.2) is 0 Å². The van der Waals surface area contributed by atoms with Gasteiger partial charge in [0, 0.05) is 19.6 Å². The highest BCUT2D eigenvalue weighted by Gasteiger charge is 2.12. The first-order valence-electron chi connectivity index (χ1n) is 5.96. The molecule has 1 aromatic rings. The summed E-state index contributed by atoms with van der Waals surface area (Å²) in [5.41, 5.74) is 0.101. The van der Waals surface area contributed by atoms with Crippen molar-refractivity contribution in [3.63, 3.8) is 0 Å². The third-order valence-electron chi connectivity index (χ3n) is 2.19. The maximum Gasteiger partial charge on any atom is 0.271 e. The topological polar surface area (TPSA) is 100 Å². The lowest BCUT2D eigenvalue weighted by atomic mass is 10.3. The fourth-order valence-corrected chi connectivity index (χ4v) is 2.04. The highest BCUT2D eigenvalue weighted by atomic mass is 35.5. The Kier molecular flexibility index (Phi) is 6.18. The summed E-state index contributed by atoms with van der Waals surface area (Å²) in [5.74, 6) is 0.0985. The van der Waals surface area contributed by atoms with Gasteiger partial charge in [0.05, 0.1) is 11.3 Å². The summed E-state index contributed by atoms with van der Waals surface area (Å²) >= 11 is 5.91. The van der Waals surface area contributed by atoms with Crippen molar-refractivity contribution in [2.24, 2.45) is 0 Å². The molecule has 0 aromatic carbocycles. The number of nitrogens with one attached hydrogen (secondary N) is 3. The number of aromatic nitrogens is 1. The van der Waals surface area contributed by atoms with E-state index in [0.717, 1.165) is 6.26 Å². The van der Waals surface area contributed by atoms with Crippen molar-refractivity contribution in [1.82, 2.24) is 15.0 Å². The van der Waals surface area contributed by atoms with Crippen molar-refractivity contribution in [2.75, 3.05) is 31.2 Å². The van der Waals surface area contributed by atoms with Crippen LogP contribution in [-0.2, 0) is 10.0 Å². The van der Waals surface area contributed by atoms with Gasteiger partial charge >= 0.3 is 0 Å². The van der Waals surface area contributed by atoms with Crippen molar-refractivity contribution < 1.29 is 13.2 Å². The summed E-state index contributed by atoms with van der Waals surface area (Å²) in [7, 11) is -3.26. The van der Waals surface area contributed by atoms with Gasteiger partial charge in [0.1, 0.15) is 11.5 Å². The molecule has 0 fully saturated rings. The lowest BCUT2D eigenvalue weighted by Gasteiger charge is -2.08. The zero-order valence-electron chi connectivity index (χ0n) is 11.2. The molecule has 9 heteroatoms. The fraction of sp³-hybridized carbons (Fsp3) is 0.455. The Bertz CT molecular complexity index is 577. The number of hydrogen-bond donors (Lipinski definition) is 3. The molecule has 3 N–H and O–H groups in total. The van der Waals surface area contributed by atoms with Gasteiger partial charge in [0.25, 0.3) is 5.91 Å². The van der Waals surface area contributed by atoms with Crippen LogP contribution in [0.3, 0.4) is 0 Å². The van der Waals surface area contributed by atoms with Crippen molar-refractivity contribution in [3.05, 3.63) is 22.8 Å². The van der Waals surface area contributed by atoms with Crippen LogP contribution < -0.4 is 15.4 Å². The summed E-state index contributed by atoms with van der Waals surface area (Å²) in [5, 5.41) is 5.75. The molecule has 0 aliphatic heterocycles. The van der Waals surface area contributed by atoms with Gasteiger partial charge in [-0.15, -0.1) is 0 Å². The average Bonchev–Trinajstić information content (AvgIpc) is 2.36. The fourth-order valence-electron chi connectivity index (χ4n) is 1.38. The molecule has 112 valence electrons. The van der Waals surface area contributed by atoms with Crippen LogP contribution in [0.1, 0.15) is 17.4 Å². The predicted octanol–water partition coefficient (Wildman–Crippen LogP) is 0.446. The van der Waals surface area contributed by atoms with Crippen LogP contribution >= 0.6 is 11.6 Å². The van der Waals surface area contributed by atoms with E-state index in [9.17, 15) is 13.2 Å². The molecule has 1 aromatic heterocycles. The molecule has 1 amide bonds. The quantitative estimate of drug-likeness (QED) is 0.633. The number of pyridine rings is 1. The number of sulfonamides is 1. The number of anilines is 1. The Labute approximate surface area is 123 Å². The molecule has 0 aliphatic carbocycles. The van der Waals surface area contributed by atoms with Crippen molar-refractivity contribution in [1.29, 1.82) is 0 Å². The van der Waals surface area contributed by atoms with Gasteiger partial charge in [-0.25, -0.2) is 18.1 Å². The van der Waals surface area contributed by atoms with Crippen molar-refractivity contribution in [3.8, 4) is 0 Å². The van der Waals surface area contributed by atoms with Gasteiger partial charge in [-0.2, -0.15) is 0 Å². The normalized spacial score (nSPS) is 11.2. The second kappa shape index (κ2) is 7.41. The summed E-state index contributed by atoms with van der Waals surface area (Å²) < 4.78 is 24.0. The Hall–Kier alpha value is -1.38. The molecule has 0 atom stereocenters. The lowest BCUT2D eigenvalue weighted by molar-refractivity contribution is 0.0949. The van der Waals surface area contributed by atoms with E-state index in [1.54, 1.807) is 12.1 Å². The molecule has 0 aliphatic rings. The van der Waals surface area contributed by atoms with Crippen molar-refractivity contribution >= 4 is 33.3 Å². The highest BCUT2D eigenvalue weighted by Crippen LogP contribution is 2.16. The number of carbonyl (C=O) groups is 1. The number of amides is 1. The zero-order valence-corrected chi connectivity index (χ0v) is 12.8. The molecule has 1 rings (SSSR count). The Morgan fingerprint density at radius 1 is 1.35 bits per heavy atom. The van der Waals surface area contributed by atoms with Crippen LogP contribution in [0.5, 0.6) is 0 Å². The standard InChI is InChI=1S/C11H17ClN4O3S/c1-3-13-9-5-4-8(12)10(16-9)11(17)14-6-7-15-20(2,18)19/h4-5,15H,3,6-7H2,1-2H3,(H,13,16)(H,14,17). The van der Waals surface area contributed by atoms with Gasteiger partial charge in [-0.3, -0.25) is 4.79 Å². The Morgan fingerprint density at radius 2 is 2.05 bits per heavy atom. The van der Waals surface area contributed by atoms with Gasteiger partial charge in [-0.05, 0) is 19.1 Å². The minimum absolute atomic E-state index is 0.101. The molecule has 20 heavy (non-hydrogen) atoms. The first-order chi connectivity index (χ1) is 9.33. The highest BCUT2D eigenvalue weighted by molar-refractivity contribution is 7.88. The Balaban J connectivity index is 2.60. The first-order valence-corrected chi connectivity index (χ1v) is 8.23. The van der Waals surface area contributed by atoms with E-state index >= 15 is 0 Å². The number of nitrogens with zero attached hydrogens (tertiary/aromatic N) is 1. The summed E-state index contributed by atoms with van der Waals surface area (Å²) in [6.45, 7) is 2.84. The largest absolute Gasteiger partial charge is 0.370 e. The van der Waals surface area contributed by atoms with E-state index in [0.29, 0.717) is 12.4 Å². The molecule has 0 bridgehead atoms. The van der Waals surface area contributed by atoms with Crippen LogP contribution in [0.15, 0.2) is 12.1 Å². The molecule has 1 heterocycles. The number of hydrogen-bond acceptors (Lipinski definition) is 5. The molecule has 7 nitrogen and oxygen atoms in total. The molecule has 0 radical (unpaired) electrons. The SMILES string of the molecule is CCNc1ccc(Cl)c(C(=O)NCCNS(C)(=O)=O)n1. The Morgan fingerprint density at radius 3 is 2.65 bits per heavy atom. The van der Waals surface area contributed by atoms with E-state index in [2.05, 4.69) is 20.3 Å². The lowest BCUT2D eigenvalue weighted by Crippen LogP contribution is -2.34. The molecule has 0 saturated heterocycles. The monoisotopic (exact) mass is 320 g/mol. The molecule has 0 spiro atoms. The number of carbonyl (C=O) groups excluding carboxylic acids is 1. The summed E-state index contributed by atoms with van der Waals surface area (Å²) in [6, 6.07) is 3.25. The average molecular weight is 321 g/mol. The molecular formula is C11H17ClN4O3S. The third-order valence-corrected chi connectivity index (χ3v) is 3.23. The minimum atomic E-state index is -3.26. The van der Waals surface area contributed by atoms with E-state index in [4.69, 9.17) is 11.6 Å². The van der Waals surface area contributed by atoms with E-state index in [1.807, 2.05) is 6.92 Å². The van der Waals surface area contributed by atoms with Crippen LogP contribution in [0.2, 0.25) is 5.02 Å². The van der Waals surface area contributed by atoms with Crippen LogP contribution in [-0.4, -0.2) is 45.2 Å². The predicted molar refractivity (Wildman–Crippen MR) is 78.6 cm³/mol. The first kappa shape index (κ1) is 16.7. The second-order valence-electron chi connectivity index (χ2n) is 3.98. The summed E-state index contributed by atoms with van der Waals surface area (Å²) in [4.78, 5) is 16.0. The summed E-state index contributed by atoms with van der Waals surface area (Å²) in [6.07, 6.45) is 1.05. The number of halogens is 1. The van der Waals surface area contributed by atoms with Gasteiger partial charge in [0.2, 0.25) is 10.0 Å². The second-order valence-corrected chi connectivity index (χ2v) is 6.22. The van der Waals surface area contributed by atoms with E-state index in [1.165, 1.54) is 0 Å². The maximum absolute atomic E-state index is 11.9. The van der Waals surface area contributed by atoms with Crippen molar-refractivity contribution in [2.45, 2.75) is 6.92 Å². The molecule has 0 unspecified atom stereocenters. The third kappa shape index (κ3) is 5.72. The van der Waals surface area contributed by atoms with Crippen LogP contribution in [0.4, 0.5) is 5.82 Å². The van der Waals surface area contributed by atoms with E-state index < -0.39 is 15.9 Å². The van der Waals surface area contributed by atoms with Crippen LogP contribution in [0.25, 0.3) is 0 Å². The minimum Gasteiger partial charge on any atom is -0.370 e. The number of rotatable bonds is 7. The van der Waals surface area contributed by atoms with Crippen LogP contribution in [0, 0.1) is 0 Å². The molecular weight excluding hydrogens is 304 g/mol. The van der Waals surface area contributed by atoms with Gasteiger partial charge in [-0.1, -0.05) is 11.6 Å². The maximum atomic E-state index is 11.9. The molecule has 0 saturated carbocycles. The zero-order chi connectivity index (χ0) is 15.2. The van der Waals surface area contributed by atoms with Gasteiger partial charge < -0.3 is 10.6 Å². The van der Waals surface area contributed by atoms with E-state index in [-0.39, 0.29) is 23.8 Å².